The van der Waals surface area contributed by atoms with Crippen LogP contribution < -0.4 is 5.32 Å². The van der Waals surface area contributed by atoms with Crippen LogP contribution in [0.15, 0.2) is 17.4 Å². The van der Waals surface area contributed by atoms with Gasteiger partial charge in [-0.05, 0) is 6.26 Å². The first-order valence-corrected chi connectivity index (χ1v) is 6.95. The molecular weight excluding hydrogens is 252 g/mol. The Kier molecular flexibility index (Phi) is 4.51. The van der Waals surface area contributed by atoms with Crippen LogP contribution in [0.25, 0.3) is 0 Å². The van der Waals surface area contributed by atoms with Crippen LogP contribution in [0.1, 0.15) is 5.69 Å². The van der Waals surface area contributed by atoms with Crippen LogP contribution in [0.5, 0.6) is 0 Å². The highest BCUT2D eigenvalue weighted by molar-refractivity contribution is 7.98. The quantitative estimate of drug-likeness (QED) is 0.747. The Labute approximate surface area is 110 Å². The molecule has 98 valence electrons. The van der Waals surface area contributed by atoms with Gasteiger partial charge in [0.2, 0.25) is 0 Å². The molecule has 7 heteroatoms. The lowest BCUT2D eigenvalue weighted by Crippen LogP contribution is -2.53. The maximum absolute atomic E-state index is 11.0. The molecule has 0 aromatic carbocycles. The minimum Gasteiger partial charge on any atom is -0.480 e. The molecule has 2 rings (SSSR count). The molecule has 0 amide bonds. The lowest BCUT2D eigenvalue weighted by molar-refractivity contribution is -0.140. The lowest BCUT2D eigenvalue weighted by atomic mass is 10.2. The monoisotopic (exact) mass is 268 g/mol. The highest BCUT2D eigenvalue weighted by Gasteiger charge is 2.25. The number of carbonyl (C=O) groups is 1. The number of rotatable bonds is 4. The van der Waals surface area contributed by atoms with E-state index in [9.17, 15) is 4.79 Å². The zero-order chi connectivity index (χ0) is 13.0. The van der Waals surface area contributed by atoms with Crippen molar-refractivity contribution < 1.29 is 9.90 Å². The smallest absolute Gasteiger partial charge is 0.322 e. The van der Waals surface area contributed by atoms with E-state index in [2.05, 4.69) is 20.2 Å². The van der Waals surface area contributed by atoms with Gasteiger partial charge in [-0.3, -0.25) is 14.7 Å². The van der Waals surface area contributed by atoms with Crippen LogP contribution in [0.4, 0.5) is 0 Å². The number of carboxylic acid groups (broad SMARTS) is 1. The summed E-state index contributed by atoms with van der Waals surface area (Å²) in [5.74, 6) is -0.802. The normalized spacial score (nSPS) is 20.8. The number of aliphatic carboxylic acids is 1. The molecule has 6 nitrogen and oxygen atoms in total. The Morgan fingerprint density at radius 3 is 3.11 bits per heavy atom. The van der Waals surface area contributed by atoms with E-state index in [1.54, 1.807) is 24.2 Å². The third kappa shape index (κ3) is 3.18. The van der Waals surface area contributed by atoms with Gasteiger partial charge in [-0.25, -0.2) is 4.98 Å². The summed E-state index contributed by atoms with van der Waals surface area (Å²) >= 11 is 1.56. The van der Waals surface area contributed by atoms with Crippen molar-refractivity contribution in [1.82, 2.24) is 20.2 Å². The Hall–Kier alpha value is -1.18. The molecule has 0 saturated carbocycles. The molecule has 0 bridgehead atoms. The van der Waals surface area contributed by atoms with Crippen LogP contribution in [0, 0.1) is 0 Å². The minimum absolute atomic E-state index is 0.492. The summed E-state index contributed by atoms with van der Waals surface area (Å²) < 4.78 is 0. The van der Waals surface area contributed by atoms with Gasteiger partial charge in [0.25, 0.3) is 0 Å². The molecule has 1 aromatic heterocycles. The second-order valence-corrected chi connectivity index (χ2v) is 4.89. The summed E-state index contributed by atoms with van der Waals surface area (Å²) in [6, 6.07) is -0.492. The number of aromatic nitrogens is 2. The van der Waals surface area contributed by atoms with Crippen LogP contribution in [0.2, 0.25) is 0 Å². The molecule has 1 aromatic rings. The molecule has 2 heterocycles. The molecule has 0 spiro atoms. The predicted molar refractivity (Wildman–Crippen MR) is 68.5 cm³/mol. The van der Waals surface area contributed by atoms with Crippen LogP contribution in [-0.4, -0.2) is 57.9 Å². The molecule has 18 heavy (non-hydrogen) atoms. The van der Waals surface area contributed by atoms with E-state index < -0.39 is 12.0 Å². The zero-order valence-electron chi connectivity index (χ0n) is 10.2. The first-order valence-electron chi connectivity index (χ1n) is 5.73. The highest BCUT2D eigenvalue weighted by Crippen LogP contribution is 2.17. The third-order valence-electron chi connectivity index (χ3n) is 2.86. The van der Waals surface area contributed by atoms with Crippen molar-refractivity contribution in [2.75, 3.05) is 25.9 Å². The van der Waals surface area contributed by atoms with E-state index in [-0.39, 0.29) is 0 Å². The molecule has 0 unspecified atom stereocenters. The van der Waals surface area contributed by atoms with Crippen LogP contribution >= 0.6 is 11.8 Å². The second-order valence-electron chi connectivity index (χ2n) is 4.09. The Morgan fingerprint density at radius 2 is 2.39 bits per heavy atom. The predicted octanol–water partition coefficient (Wildman–Crippen LogP) is 0.0569. The van der Waals surface area contributed by atoms with Gasteiger partial charge < -0.3 is 10.4 Å². The van der Waals surface area contributed by atoms with Crippen molar-refractivity contribution in [2.24, 2.45) is 0 Å². The third-order valence-corrected chi connectivity index (χ3v) is 3.59. The fourth-order valence-corrected chi connectivity index (χ4v) is 2.48. The van der Waals surface area contributed by atoms with Crippen molar-refractivity contribution in [3.8, 4) is 0 Å². The molecule has 1 fully saturated rings. The number of piperazine rings is 1. The molecule has 0 radical (unpaired) electrons. The summed E-state index contributed by atoms with van der Waals surface area (Å²) in [4.78, 5) is 21.6. The first-order chi connectivity index (χ1) is 8.70. The molecular formula is C11H16N4O2S. The fraction of sp³-hybridized carbons (Fsp3) is 0.545. The van der Waals surface area contributed by atoms with Crippen molar-refractivity contribution >= 4 is 17.7 Å². The number of nitrogens with zero attached hydrogens (tertiary/aromatic N) is 3. The van der Waals surface area contributed by atoms with Gasteiger partial charge in [-0.1, -0.05) is 0 Å². The molecule has 2 N–H and O–H groups in total. The van der Waals surface area contributed by atoms with E-state index in [1.807, 2.05) is 6.26 Å². The van der Waals surface area contributed by atoms with Gasteiger partial charge >= 0.3 is 5.97 Å². The fourth-order valence-electron chi connectivity index (χ4n) is 1.96. The van der Waals surface area contributed by atoms with Crippen molar-refractivity contribution in [1.29, 1.82) is 0 Å². The number of hydrogen-bond donors (Lipinski definition) is 2. The van der Waals surface area contributed by atoms with Crippen molar-refractivity contribution in [2.45, 2.75) is 17.6 Å². The van der Waals surface area contributed by atoms with Gasteiger partial charge in [-0.2, -0.15) is 0 Å². The summed E-state index contributed by atoms with van der Waals surface area (Å²) in [7, 11) is 0. The molecule has 0 aliphatic carbocycles. The first kappa shape index (κ1) is 13.3. The number of carboxylic acids is 1. The average Bonchev–Trinajstić information content (AvgIpc) is 2.39. The molecule has 1 saturated heterocycles. The van der Waals surface area contributed by atoms with E-state index in [0.717, 1.165) is 17.3 Å². The standard InChI is InChI=1S/C11H16N4O2S/c1-18-10-8(12-2-3-14-10)6-15-5-4-13-9(7-15)11(16)17/h2-3,9,13H,4-7H2,1H3,(H,16,17)/t9-/m1/s1. The number of thioether (sulfide) groups is 1. The molecule has 1 atom stereocenters. The van der Waals surface area contributed by atoms with E-state index >= 15 is 0 Å². The summed E-state index contributed by atoms with van der Waals surface area (Å²) in [5, 5.41) is 12.9. The Bertz CT molecular complexity index is 429. The highest BCUT2D eigenvalue weighted by atomic mass is 32.2. The second kappa shape index (κ2) is 6.12. The van der Waals surface area contributed by atoms with Crippen LogP contribution in [-0.2, 0) is 11.3 Å². The zero-order valence-corrected chi connectivity index (χ0v) is 11.0. The van der Waals surface area contributed by atoms with E-state index in [4.69, 9.17) is 5.11 Å². The largest absolute Gasteiger partial charge is 0.480 e. The van der Waals surface area contributed by atoms with Crippen molar-refractivity contribution in [3.63, 3.8) is 0 Å². The van der Waals surface area contributed by atoms with Gasteiger partial charge in [-0.15, -0.1) is 11.8 Å². The van der Waals surface area contributed by atoms with Gasteiger partial charge in [0.15, 0.2) is 0 Å². The molecule has 1 aliphatic heterocycles. The van der Waals surface area contributed by atoms with Gasteiger partial charge in [0.1, 0.15) is 11.1 Å². The van der Waals surface area contributed by atoms with Gasteiger partial charge in [0, 0.05) is 38.6 Å². The molecule has 1 aliphatic rings. The topological polar surface area (TPSA) is 78.4 Å². The summed E-state index contributed by atoms with van der Waals surface area (Å²) in [5.41, 5.74) is 0.913. The van der Waals surface area contributed by atoms with Crippen molar-refractivity contribution in [3.05, 3.63) is 18.1 Å². The lowest BCUT2D eigenvalue weighted by Gasteiger charge is -2.31. The number of hydrogen-bond acceptors (Lipinski definition) is 6. The maximum Gasteiger partial charge on any atom is 0.322 e. The summed E-state index contributed by atoms with van der Waals surface area (Å²) in [6.07, 6.45) is 5.31. The summed E-state index contributed by atoms with van der Waals surface area (Å²) in [6.45, 7) is 2.66. The van der Waals surface area contributed by atoms with Gasteiger partial charge in [0.05, 0.1) is 5.69 Å². The van der Waals surface area contributed by atoms with E-state index in [0.29, 0.717) is 19.6 Å². The minimum atomic E-state index is -0.802. The Morgan fingerprint density at radius 1 is 1.61 bits per heavy atom. The van der Waals surface area contributed by atoms with Crippen LogP contribution in [0.3, 0.4) is 0 Å². The SMILES string of the molecule is CSc1nccnc1CN1CCN[C@@H](C(=O)O)C1. The van der Waals surface area contributed by atoms with E-state index in [1.165, 1.54) is 0 Å². The number of nitrogens with one attached hydrogen (secondary N) is 1. The average molecular weight is 268 g/mol. The maximum atomic E-state index is 11.0. The Balaban J connectivity index is 2.02.